The highest BCUT2D eigenvalue weighted by Crippen LogP contribution is 2.31. The molecule has 0 aliphatic rings. The molecule has 0 saturated carbocycles. The van der Waals surface area contributed by atoms with Crippen LogP contribution in [-0.2, 0) is 0 Å². The third-order valence-electron chi connectivity index (χ3n) is 5.63. The maximum Gasteiger partial charge on any atom is 0.169 e. The van der Waals surface area contributed by atoms with Gasteiger partial charge in [-0.25, -0.2) is 18.2 Å². The van der Waals surface area contributed by atoms with E-state index in [4.69, 9.17) is 0 Å². The van der Waals surface area contributed by atoms with Crippen LogP contribution in [0.4, 0.5) is 18.9 Å². The van der Waals surface area contributed by atoms with E-state index in [0.29, 0.717) is 17.2 Å². The van der Waals surface area contributed by atoms with E-state index >= 15 is 0 Å². The van der Waals surface area contributed by atoms with Gasteiger partial charge < -0.3 is 5.32 Å². The Bertz CT molecular complexity index is 1540. The van der Waals surface area contributed by atoms with Gasteiger partial charge in [-0.15, -0.1) is 0 Å². The van der Waals surface area contributed by atoms with E-state index in [1.165, 1.54) is 24.3 Å². The molecule has 1 N–H and O–H groups in total. The number of nitrogens with zero attached hydrogens (tertiary/aromatic N) is 3. The molecule has 2 aromatic carbocycles. The number of nitrogens with one attached hydrogen (secondary N) is 1. The lowest BCUT2D eigenvalue weighted by molar-refractivity contribution is 0.510. The maximum atomic E-state index is 14.4. The first-order valence-corrected chi connectivity index (χ1v) is 11.5. The molecule has 5 aromatic rings. The molecule has 36 heavy (non-hydrogen) atoms. The van der Waals surface area contributed by atoms with Gasteiger partial charge in [0, 0.05) is 46.2 Å². The molecular formula is C29H25F3N4. The van der Waals surface area contributed by atoms with Crippen LogP contribution in [0, 0.1) is 24.4 Å². The van der Waals surface area contributed by atoms with E-state index in [9.17, 15) is 13.2 Å². The summed E-state index contributed by atoms with van der Waals surface area (Å²) in [4.78, 5) is 8.90. The van der Waals surface area contributed by atoms with Crippen molar-refractivity contribution < 1.29 is 13.2 Å². The van der Waals surface area contributed by atoms with Gasteiger partial charge in [0.2, 0.25) is 0 Å². The predicted octanol–water partition coefficient (Wildman–Crippen LogP) is 7.90. The van der Waals surface area contributed by atoms with Crippen molar-refractivity contribution in [1.29, 1.82) is 0 Å². The Balaban J connectivity index is 0.00000148. The van der Waals surface area contributed by atoms with Gasteiger partial charge in [0.05, 0.1) is 17.3 Å². The minimum absolute atomic E-state index is 0.0803. The zero-order valence-electron chi connectivity index (χ0n) is 20.2. The molecule has 0 aliphatic heterocycles. The summed E-state index contributed by atoms with van der Waals surface area (Å²) >= 11 is 0. The summed E-state index contributed by atoms with van der Waals surface area (Å²) in [5.74, 6) is -1.88. The Kier molecular flexibility index (Phi) is 7.20. The lowest BCUT2D eigenvalue weighted by Crippen LogP contribution is -2.02. The molecule has 0 saturated heterocycles. The molecule has 0 aliphatic carbocycles. The van der Waals surface area contributed by atoms with Crippen molar-refractivity contribution in [2.75, 3.05) is 5.32 Å². The number of hydrogen-bond donors (Lipinski definition) is 1. The third kappa shape index (κ3) is 4.73. The lowest BCUT2D eigenvalue weighted by atomic mass is 10.0. The number of hydrogen-bond acceptors (Lipinski definition) is 3. The average molecular weight is 487 g/mol. The molecule has 0 bridgehead atoms. The molecule has 0 spiro atoms. The fourth-order valence-electron chi connectivity index (χ4n) is 3.90. The van der Waals surface area contributed by atoms with Gasteiger partial charge in [-0.05, 0) is 55.5 Å². The van der Waals surface area contributed by atoms with E-state index in [1.54, 1.807) is 35.1 Å². The summed E-state index contributed by atoms with van der Waals surface area (Å²) in [5, 5.41) is 3.18. The summed E-state index contributed by atoms with van der Waals surface area (Å²) < 4.78 is 43.2. The number of halogens is 3. The highest BCUT2D eigenvalue weighted by atomic mass is 19.2. The summed E-state index contributed by atoms with van der Waals surface area (Å²) in [6.45, 7) is 10.00. The zero-order chi connectivity index (χ0) is 25.8. The summed E-state index contributed by atoms with van der Waals surface area (Å²) in [6, 6.07) is 15.7. The molecule has 3 aromatic heterocycles. The first-order valence-electron chi connectivity index (χ1n) is 11.5. The minimum atomic E-state index is -0.942. The molecule has 0 radical (unpaired) electrons. The Labute approximate surface area is 207 Å². The summed E-state index contributed by atoms with van der Waals surface area (Å²) in [6.07, 6.45) is 5.12. The Morgan fingerprint density at radius 1 is 0.889 bits per heavy atom. The van der Waals surface area contributed by atoms with Crippen LogP contribution >= 0.6 is 0 Å². The van der Waals surface area contributed by atoms with Crippen LogP contribution in [0.3, 0.4) is 0 Å². The minimum Gasteiger partial charge on any atom is -0.355 e. The van der Waals surface area contributed by atoms with Crippen molar-refractivity contribution in [3.05, 3.63) is 115 Å². The lowest BCUT2D eigenvalue weighted by Gasteiger charge is -2.14. The average Bonchev–Trinajstić information content (AvgIpc) is 3.33. The number of fused-ring (bicyclic) bond motifs is 1. The number of benzene rings is 2. The molecule has 5 rings (SSSR count). The van der Waals surface area contributed by atoms with Gasteiger partial charge in [-0.1, -0.05) is 32.6 Å². The number of aryl methyl sites for hydroxylation is 1. The standard InChI is InChI=1S/C27H19F3N4.C2H6/c1-16-23(17(2)33-20-10-8-19(28)9-11-20)13-18(14-31-16)21-6-4-12-34-25(21)15-32-27(34)22-5-3-7-24(29)26(22)30;1-2/h3-15,33H,2H2,1H3;1-2H3. The highest BCUT2D eigenvalue weighted by molar-refractivity contribution is 5.85. The molecule has 0 unspecified atom stereocenters. The fraction of sp³-hybridized carbons (Fsp3) is 0.103. The van der Waals surface area contributed by atoms with Crippen LogP contribution in [0.1, 0.15) is 25.1 Å². The monoisotopic (exact) mass is 486 g/mol. The second-order valence-corrected chi connectivity index (χ2v) is 7.83. The van der Waals surface area contributed by atoms with Gasteiger partial charge in [0.15, 0.2) is 11.6 Å². The van der Waals surface area contributed by atoms with Gasteiger partial charge in [-0.2, -0.15) is 0 Å². The molecule has 7 heteroatoms. The Hall–Kier alpha value is -4.39. The van der Waals surface area contributed by atoms with Gasteiger partial charge in [0.25, 0.3) is 0 Å². The summed E-state index contributed by atoms with van der Waals surface area (Å²) in [7, 11) is 0. The Morgan fingerprint density at radius 2 is 1.61 bits per heavy atom. The topological polar surface area (TPSA) is 42.2 Å². The van der Waals surface area contributed by atoms with Crippen LogP contribution < -0.4 is 5.32 Å². The van der Waals surface area contributed by atoms with Crippen molar-refractivity contribution in [3.8, 4) is 22.5 Å². The third-order valence-corrected chi connectivity index (χ3v) is 5.63. The predicted molar refractivity (Wildman–Crippen MR) is 139 cm³/mol. The van der Waals surface area contributed by atoms with E-state index in [2.05, 4.69) is 21.9 Å². The number of pyridine rings is 2. The smallest absolute Gasteiger partial charge is 0.169 e. The molecule has 0 amide bonds. The quantitative estimate of drug-likeness (QED) is 0.275. The molecule has 0 fully saturated rings. The Morgan fingerprint density at radius 3 is 2.36 bits per heavy atom. The van der Waals surface area contributed by atoms with E-state index < -0.39 is 11.6 Å². The number of anilines is 1. The molecule has 182 valence electrons. The van der Waals surface area contributed by atoms with Crippen LogP contribution in [0.25, 0.3) is 33.7 Å². The van der Waals surface area contributed by atoms with Crippen molar-refractivity contribution in [2.24, 2.45) is 0 Å². The second-order valence-electron chi connectivity index (χ2n) is 7.83. The van der Waals surface area contributed by atoms with Crippen molar-refractivity contribution in [3.63, 3.8) is 0 Å². The van der Waals surface area contributed by atoms with Crippen molar-refractivity contribution in [1.82, 2.24) is 14.4 Å². The SMILES string of the molecule is C=C(Nc1ccc(F)cc1)c1cc(-c2cccn3c(-c4cccc(F)c4F)ncc23)cnc1C.CC. The highest BCUT2D eigenvalue weighted by Gasteiger charge is 2.17. The second kappa shape index (κ2) is 10.5. The number of rotatable bonds is 5. The molecule has 4 nitrogen and oxygen atoms in total. The van der Waals surface area contributed by atoms with Crippen LogP contribution in [-0.4, -0.2) is 14.4 Å². The van der Waals surface area contributed by atoms with Crippen LogP contribution in [0.5, 0.6) is 0 Å². The number of aromatic nitrogens is 3. The van der Waals surface area contributed by atoms with Crippen molar-refractivity contribution >= 4 is 16.9 Å². The summed E-state index contributed by atoms with van der Waals surface area (Å²) in [5.41, 5.74) is 5.30. The van der Waals surface area contributed by atoms with Gasteiger partial charge in [0.1, 0.15) is 11.6 Å². The van der Waals surface area contributed by atoms with Gasteiger partial charge >= 0.3 is 0 Å². The maximum absolute atomic E-state index is 14.4. The molecule has 3 heterocycles. The van der Waals surface area contributed by atoms with Crippen molar-refractivity contribution in [2.45, 2.75) is 20.8 Å². The van der Waals surface area contributed by atoms with Gasteiger partial charge in [-0.3, -0.25) is 9.38 Å². The largest absolute Gasteiger partial charge is 0.355 e. The molecular weight excluding hydrogens is 461 g/mol. The van der Waals surface area contributed by atoms with E-state index in [-0.39, 0.29) is 11.4 Å². The van der Waals surface area contributed by atoms with E-state index in [0.717, 1.165) is 34.0 Å². The van der Waals surface area contributed by atoms with Crippen LogP contribution in [0.2, 0.25) is 0 Å². The van der Waals surface area contributed by atoms with Crippen LogP contribution in [0.15, 0.2) is 85.8 Å². The fourth-order valence-corrected chi connectivity index (χ4v) is 3.90. The van der Waals surface area contributed by atoms with E-state index in [1.807, 2.05) is 39.0 Å². The first-order chi connectivity index (χ1) is 17.4. The first kappa shape index (κ1) is 24.7. The zero-order valence-corrected chi connectivity index (χ0v) is 20.2. The normalized spacial score (nSPS) is 10.6. The number of imidazole rings is 1. The molecule has 0 atom stereocenters.